The summed E-state index contributed by atoms with van der Waals surface area (Å²) in [5.74, 6) is -1.35. The van der Waals surface area contributed by atoms with Gasteiger partial charge in [0.25, 0.3) is 5.92 Å². The molecule has 1 spiro atoms. The van der Waals surface area contributed by atoms with Crippen molar-refractivity contribution in [2.75, 3.05) is 42.6 Å². The van der Waals surface area contributed by atoms with E-state index in [4.69, 9.17) is 24.5 Å². The Balaban J connectivity index is 1.17. The summed E-state index contributed by atoms with van der Waals surface area (Å²) in [6.07, 6.45) is 4.28. The predicted molar refractivity (Wildman–Crippen MR) is 174 cm³/mol. The van der Waals surface area contributed by atoms with Crippen molar-refractivity contribution >= 4 is 44.8 Å². The van der Waals surface area contributed by atoms with Crippen molar-refractivity contribution in [3.05, 3.63) is 40.0 Å². The van der Waals surface area contributed by atoms with E-state index >= 15 is 0 Å². The molecule has 248 valence electrons. The van der Waals surface area contributed by atoms with Crippen molar-refractivity contribution in [2.45, 2.75) is 95.9 Å². The van der Waals surface area contributed by atoms with Crippen LogP contribution in [0.15, 0.2) is 28.9 Å². The highest BCUT2D eigenvalue weighted by Gasteiger charge is 2.49. The van der Waals surface area contributed by atoms with Gasteiger partial charge in [0.05, 0.1) is 6.04 Å². The molecule has 1 amide bonds. The van der Waals surface area contributed by atoms with E-state index in [-0.39, 0.29) is 43.6 Å². The molecule has 1 aliphatic carbocycles. The highest BCUT2D eigenvalue weighted by molar-refractivity contribution is 9.10. The molecule has 1 aromatic carbocycles. The first-order valence-electron chi connectivity index (χ1n) is 16.4. The molecule has 0 bridgehead atoms. The molecule has 5 heterocycles. The van der Waals surface area contributed by atoms with Crippen LogP contribution in [0.5, 0.6) is 0 Å². The lowest BCUT2D eigenvalue weighted by molar-refractivity contribution is -0.0372. The number of carbonyl (C=O) groups is 1. The Morgan fingerprint density at radius 1 is 1.02 bits per heavy atom. The van der Waals surface area contributed by atoms with Crippen molar-refractivity contribution in [1.82, 2.24) is 25.1 Å². The number of aromatic nitrogens is 4. The van der Waals surface area contributed by atoms with Crippen LogP contribution in [0.2, 0.25) is 0 Å². The largest absolute Gasteiger partial charge is 0.444 e. The zero-order valence-corrected chi connectivity index (χ0v) is 28.3. The summed E-state index contributed by atoms with van der Waals surface area (Å²) in [6.45, 7) is 8.13. The Morgan fingerprint density at radius 2 is 1.72 bits per heavy atom. The third kappa shape index (κ3) is 6.05. The fourth-order valence-electron chi connectivity index (χ4n) is 7.55. The molecule has 1 N–H and O–H groups in total. The molecule has 2 atom stereocenters. The van der Waals surface area contributed by atoms with E-state index in [1.807, 2.05) is 36.4 Å². The zero-order valence-electron chi connectivity index (χ0n) is 26.7. The van der Waals surface area contributed by atoms with Gasteiger partial charge in [-0.15, -0.1) is 5.10 Å². The number of benzene rings is 1. The van der Waals surface area contributed by atoms with Crippen molar-refractivity contribution < 1.29 is 23.0 Å². The number of hydrogen-bond acceptors (Lipinski definition) is 8. The molecule has 10 nitrogen and oxygen atoms in total. The summed E-state index contributed by atoms with van der Waals surface area (Å²) in [4.78, 5) is 27.2. The van der Waals surface area contributed by atoms with Gasteiger partial charge in [0.15, 0.2) is 29.0 Å². The van der Waals surface area contributed by atoms with E-state index in [2.05, 4.69) is 44.3 Å². The molecule has 3 aliphatic heterocycles. The first kappa shape index (κ1) is 31.5. The minimum Gasteiger partial charge on any atom is -0.444 e. The second kappa shape index (κ2) is 11.9. The number of rotatable bonds is 4. The Bertz CT molecular complexity index is 1600. The fraction of sp³-hybridized carbons (Fsp3) is 0.636. The van der Waals surface area contributed by atoms with Crippen LogP contribution in [0, 0.1) is 5.41 Å². The van der Waals surface area contributed by atoms with Gasteiger partial charge in [-0.1, -0.05) is 24.3 Å². The zero-order chi connectivity index (χ0) is 32.3. The van der Waals surface area contributed by atoms with Crippen LogP contribution in [0.4, 0.5) is 25.2 Å². The Labute approximate surface area is 276 Å². The normalized spacial score (nSPS) is 24.3. The van der Waals surface area contributed by atoms with Gasteiger partial charge >= 0.3 is 6.09 Å². The summed E-state index contributed by atoms with van der Waals surface area (Å²) in [5, 5.41) is 8.14. The van der Waals surface area contributed by atoms with E-state index in [9.17, 15) is 13.6 Å². The van der Waals surface area contributed by atoms with Gasteiger partial charge < -0.3 is 24.6 Å². The summed E-state index contributed by atoms with van der Waals surface area (Å²) >= 11 is 3.71. The molecule has 1 unspecified atom stereocenters. The lowest BCUT2D eigenvalue weighted by Crippen LogP contribution is -2.48. The van der Waals surface area contributed by atoms with Crippen LogP contribution in [0.3, 0.4) is 0 Å². The Hall–Kier alpha value is -3.06. The lowest BCUT2D eigenvalue weighted by Gasteiger charge is -2.44. The van der Waals surface area contributed by atoms with Gasteiger partial charge in [-0.3, -0.25) is 0 Å². The highest BCUT2D eigenvalue weighted by Crippen LogP contribution is 2.52. The molecule has 3 saturated heterocycles. The molecule has 3 fully saturated rings. The highest BCUT2D eigenvalue weighted by atomic mass is 79.9. The first-order chi connectivity index (χ1) is 21.9. The van der Waals surface area contributed by atoms with Crippen molar-refractivity contribution in [3.63, 3.8) is 0 Å². The topological polar surface area (TPSA) is 97.6 Å². The number of alkyl carbamates (subject to hydrolysis) is 1. The smallest absolute Gasteiger partial charge is 0.408 e. The van der Waals surface area contributed by atoms with Crippen LogP contribution in [-0.4, -0.2) is 70.2 Å². The van der Waals surface area contributed by atoms with Gasteiger partial charge in [-0.2, -0.15) is 0 Å². The molecular formula is C33H42BrF2N7O3. The van der Waals surface area contributed by atoms with Crippen LogP contribution in [-0.2, 0) is 15.9 Å². The number of ether oxygens (including phenoxy) is 2. The summed E-state index contributed by atoms with van der Waals surface area (Å²) in [7, 11) is 0. The summed E-state index contributed by atoms with van der Waals surface area (Å²) in [5.41, 5.74) is 2.88. The van der Waals surface area contributed by atoms with Crippen molar-refractivity contribution in [1.29, 1.82) is 0 Å². The van der Waals surface area contributed by atoms with Gasteiger partial charge in [-0.25, -0.2) is 28.2 Å². The number of hydrogen-bond donors (Lipinski definition) is 1. The van der Waals surface area contributed by atoms with Crippen LogP contribution in [0.25, 0.3) is 11.2 Å². The second-order valence-corrected chi connectivity index (χ2v) is 15.0. The monoisotopic (exact) mass is 701 g/mol. The molecule has 13 heteroatoms. The molecule has 2 aromatic heterocycles. The maximum atomic E-state index is 14.0. The average Bonchev–Trinajstić information content (AvgIpc) is 3.52. The number of nitrogens with zero attached hydrogens (tertiary/aromatic N) is 6. The van der Waals surface area contributed by atoms with Gasteiger partial charge in [0, 0.05) is 51.0 Å². The van der Waals surface area contributed by atoms with Gasteiger partial charge in [-0.05, 0) is 86.4 Å². The number of amides is 1. The Kier molecular flexibility index (Phi) is 8.14. The molecule has 46 heavy (non-hydrogen) atoms. The number of piperidine rings is 2. The average molecular weight is 703 g/mol. The SMILES string of the molecule is CC(C)(C)OC(=O)N[C@@H]1c2ccccc2CC12CCN(c1nc3c(nc1Br)c(N1CCC(F)(F)CC1)nn3C1CCCCO1)CC2. The van der Waals surface area contributed by atoms with Crippen LogP contribution in [0.1, 0.15) is 89.1 Å². The maximum absolute atomic E-state index is 14.0. The molecule has 0 saturated carbocycles. The van der Waals surface area contributed by atoms with E-state index in [0.29, 0.717) is 28.2 Å². The third-order valence-electron chi connectivity index (χ3n) is 9.91. The standard InChI is InChI=1S/C33H42BrF2N7O3/c1-31(2,3)46-30(44)38-25-22-9-5-4-8-21(22)20-32(25)11-15-42(16-12-32)29-26(34)37-24-27(39-29)43(23-10-6-7-19-45-23)40-28(24)41-17-13-33(35,36)14-18-41/h4-5,8-9,23,25H,6-7,10-20H2,1-3H3,(H,38,44)/t23?,25-/m1/s1. The minimum atomic E-state index is -2.66. The maximum Gasteiger partial charge on any atom is 0.408 e. The summed E-state index contributed by atoms with van der Waals surface area (Å²) < 4.78 is 42.2. The quantitative estimate of drug-likeness (QED) is 0.313. The molecule has 7 rings (SSSR count). The molecule has 3 aromatic rings. The number of nitrogens with one attached hydrogen (secondary N) is 1. The molecular weight excluding hydrogens is 660 g/mol. The van der Waals surface area contributed by atoms with Crippen LogP contribution >= 0.6 is 15.9 Å². The van der Waals surface area contributed by atoms with E-state index in [1.54, 1.807) is 0 Å². The van der Waals surface area contributed by atoms with E-state index < -0.39 is 17.6 Å². The number of halogens is 3. The van der Waals surface area contributed by atoms with Gasteiger partial charge in [0.2, 0.25) is 0 Å². The number of carbonyl (C=O) groups excluding carboxylic acids is 1. The number of anilines is 2. The predicted octanol–water partition coefficient (Wildman–Crippen LogP) is 6.93. The number of alkyl halides is 2. The van der Waals surface area contributed by atoms with Crippen molar-refractivity contribution in [2.24, 2.45) is 5.41 Å². The lowest BCUT2D eigenvalue weighted by atomic mass is 9.72. The second-order valence-electron chi connectivity index (χ2n) is 14.2. The number of fused-ring (bicyclic) bond motifs is 2. The molecule has 0 radical (unpaired) electrons. The van der Waals surface area contributed by atoms with Gasteiger partial charge in [0.1, 0.15) is 10.2 Å². The van der Waals surface area contributed by atoms with Crippen molar-refractivity contribution in [3.8, 4) is 0 Å². The Morgan fingerprint density at radius 3 is 2.41 bits per heavy atom. The summed E-state index contributed by atoms with van der Waals surface area (Å²) in [6, 6.07) is 8.21. The van der Waals surface area contributed by atoms with Crippen LogP contribution < -0.4 is 15.1 Å². The first-order valence-corrected chi connectivity index (χ1v) is 17.2. The molecule has 4 aliphatic rings. The van der Waals surface area contributed by atoms with E-state index in [0.717, 1.165) is 63.0 Å². The fourth-order valence-corrected chi connectivity index (χ4v) is 8.07. The van der Waals surface area contributed by atoms with E-state index in [1.165, 1.54) is 5.56 Å². The minimum absolute atomic E-state index is 0.150. The third-order valence-corrected chi connectivity index (χ3v) is 10.4.